The molecule has 3 nitrogen and oxygen atoms in total. The maximum atomic E-state index is 11.2. The second kappa shape index (κ2) is 5.19. The third kappa shape index (κ3) is 2.19. The van der Waals surface area contributed by atoms with Crippen LogP contribution in [0.1, 0.15) is 39.4 Å². The van der Waals surface area contributed by atoms with E-state index in [4.69, 9.17) is 4.74 Å². The Morgan fingerprint density at radius 2 is 1.39 bits per heavy atom. The van der Waals surface area contributed by atoms with Crippen molar-refractivity contribution in [3.05, 3.63) is 33.4 Å². The lowest BCUT2D eigenvalue weighted by molar-refractivity contribution is 0.177. The normalized spacial score (nSPS) is 18.1. The number of rotatable bonds is 1. The molecule has 0 unspecified atom stereocenters. The molecule has 1 saturated heterocycles. The molecule has 1 aromatic rings. The Bertz CT molecular complexity index is 468. The third-order valence-corrected chi connectivity index (χ3v) is 4.08. The van der Waals surface area contributed by atoms with Crippen molar-refractivity contribution in [1.29, 1.82) is 0 Å². The van der Waals surface area contributed by atoms with Gasteiger partial charge < -0.3 is 10.1 Å². The first-order valence-corrected chi connectivity index (χ1v) is 5.93. The molecule has 2 rings (SSSR count). The molecule has 1 N–H and O–H groups in total. The van der Waals surface area contributed by atoms with E-state index >= 15 is 0 Å². The fraction of sp³-hybridized carbons (Fsp3) is 0.500. The molecule has 0 spiro atoms. The third-order valence-electron chi connectivity index (χ3n) is 4.08. The monoisotopic (exact) mass is 269 g/mol. The predicted octanol–water partition coefficient (Wildman–Crippen LogP) is 3.43. The molecule has 4 heteroatoms. The summed E-state index contributed by atoms with van der Waals surface area (Å²) in [5.41, 5.74) is 7.71. The number of carbonyl (C=O) groups excluding carboxylic acids is 1. The summed E-state index contributed by atoms with van der Waals surface area (Å²) in [6.07, 6.45) is -0.315. The van der Waals surface area contributed by atoms with Gasteiger partial charge in [-0.3, -0.25) is 0 Å². The highest BCUT2D eigenvalue weighted by atomic mass is 35.5. The van der Waals surface area contributed by atoms with Crippen molar-refractivity contribution in [3.8, 4) is 0 Å². The largest absolute Gasteiger partial charge is 0.447 e. The van der Waals surface area contributed by atoms with Crippen molar-refractivity contribution >= 4 is 18.5 Å². The van der Waals surface area contributed by atoms with Crippen LogP contribution in [0.15, 0.2) is 0 Å². The van der Waals surface area contributed by atoms with Crippen molar-refractivity contribution in [1.82, 2.24) is 5.32 Å². The summed E-state index contributed by atoms with van der Waals surface area (Å²) in [6, 6.07) is 0.000463. The molecule has 18 heavy (non-hydrogen) atoms. The first-order valence-electron chi connectivity index (χ1n) is 5.93. The fourth-order valence-corrected chi connectivity index (χ4v) is 2.59. The van der Waals surface area contributed by atoms with Crippen molar-refractivity contribution < 1.29 is 9.53 Å². The Balaban J connectivity index is 0.00000162. The minimum absolute atomic E-state index is 0. The summed E-state index contributed by atoms with van der Waals surface area (Å²) in [7, 11) is 0. The number of amides is 1. The number of alkyl carbamates (subject to hydrolysis) is 1. The average Bonchev–Trinajstić information content (AvgIpc) is 2.71. The molecular formula is C14H20ClNO2. The van der Waals surface area contributed by atoms with Gasteiger partial charge in [0.1, 0.15) is 6.61 Å². The van der Waals surface area contributed by atoms with Gasteiger partial charge in [-0.15, -0.1) is 12.4 Å². The van der Waals surface area contributed by atoms with E-state index in [2.05, 4.69) is 39.9 Å². The van der Waals surface area contributed by atoms with Gasteiger partial charge in [-0.1, -0.05) is 0 Å². The minimum Gasteiger partial charge on any atom is -0.447 e. The lowest BCUT2D eigenvalue weighted by atomic mass is 9.86. The zero-order chi connectivity index (χ0) is 12.7. The first-order chi connectivity index (χ1) is 7.93. The lowest BCUT2D eigenvalue weighted by Crippen LogP contribution is -2.21. The highest BCUT2D eigenvalue weighted by Gasteiger charge is 2.28. The Morgan fingerprint density at radius 3 is 1.78 bits per heavy atom. The zero-order valence-corrected chi connectivity index (χ0v) is 12.3. The maximum Gasteiger partial charge on any atom is 0.407 e. The number of cyclic esters (lactones) is 1. The molecule has 1 amide bonds. The molecule has 1 aromatic carbocycles. The van der Waals surface area contributed by atoms with Gasteiger partial charge in [-0.05, 0) is 68.0 Å². The van der Waals surface area contributed by atoms with E-state index in [1.54, 1.807) is 0 Å². The summed E-state index contributed by atoms with van der Waals surface area (Å²) in [4.78, 5) is 11.2. The lowest BCUT2D eigenvalue weighted by Gasteiger charge is -2.21. The van der Waals surface area contributed by atoms with Gasteiger partial charge in [0.05, 0.1) is 6.04 Å². The Labute approximate surface area is 114 Å². The van der Waals surface area contributed by atoms with Gasteiger partial charge in [0.25, 0.3) is 0 Å². The van der Waals surface area contributed by atoms with Crippen LogP contribution in [-0.2, 0) is 4.74 Å². The van der Waals surface area contributed by atoms with E-state index in [0.717, 1.165) is 0 Å². The molecule has 1 heterocycles. The number of ether oxygens (including phenoxy) is 1. The minimum atomic E-state index is -0.315. The van der Waals surface area contributed by atoms with Gasteiger partial charge in [0.2, 0.25) is 0 Å². The van der Waals surface area contributed by atoms with E-state index in [0.29, 0.717) is 6.61 Å². The second-order valence-corrected chi connectivity index (χ2v) is 4.83. The molecule has 0 aliphatic carbocycles. The molecule has 1 atom stereocenters. The predicted molar refractivity (Wildman–Crippen MR) is 74.6 cm³/mol. The second-order valence-electron chi connectivity index (χ2n) is 4.83. The molecule has 0 saturated carbocycles. The zero-order valence-electron chi connectivity index (χ0n) is 11.5. The van der Waals surface area contributed by atoms with Gasteiger partial charge in [-0.25, -0.2) is 4.79 Å². The smallest absolute Gasteiger partial charge is 0.407 e. The number of benzene rings is 1. The molecule has 1 fully saturated rings. The first kappa shape index (κ1) is 14.8. The van der Waals surface area contributed by atoms with Crippen LogP contribution in [0, 0.1) is 34.6 Å². The number of nitrogens with one attached hydrogen (secondary N) is 1. The Hall–Kier alpha value is -1.22. The number of carbonyl (C=O) groups is 1. The summed E-state index contributed by atoms with van der Waals surface area (Å²) in [5.74, 6) is 0. The van der Waals surface area contributed by atoms with Crippen molar-refractivity contribution in [3.63, 3.8) is 0 Å². The molecule has 1 aliphatic rings. The summed E-state index contributed by atoms with van der Waals surface area (Å²) in [6.45, 7) is 11.1. The average molecular weight is 270 g/mol. The van der Waals surface area contributed by atoms with Gasteiger partial charge in [-0.2, -0.15) is 0 Å². The highest BCUT2D eigenvalue weighted by molar-refractivity contribution is 5.85. The summed E-state index contributed by atoms with van der Waals surface area (Å²) < 4.78 is 4.99. The number of hydrogen-bond acceptors (Lipinski definition) is 2. The molecule has 1 aliphatic heterocycles. The van der Waals surface area contributed by atoms with Crippen molar-refractivity contribution in [2.45, 2.75) is 40.7 Å². The van der Waals surface area contributed by atoms with E-state index in [1.165, 1.54) is 33.4 Å². The van der Waals surface area contributed by atoms with Crippen LogP contribution in [0.5, 0.6) is 0 Å². The van der Waals surface area contributed by atoms with Gasteiger partial charge >= 0.3 is 6.09 Å². The molecule has 0 bridgehead atoms. The van der Waals surface area contributed by atoms with Crippen molar-refractivity contribution in [2.75, 3.05) is 6.61 Å². The number of halogens is 1. The highest BCUT2D eigenvalue weighted by Crippen LogP contribution is 2.31. The maximum absolute atomic E-state index is 11.2. The molecule has 100 valence electrons. The van der Waals surface area contributed by atoms with Gasteiger partial charge in [0, 0.05) is 0 Å². The van der Waals surface area contributed by atoms with Crippen molar-refractivity contribution in [2.24, 2.45) is 0 Å². The van der Waals surface area contributed by atoms with E-state index in [9.17, 15) is 4.79 Å². The van der Waals surface area contributed by atoms with E-state index < -0.39 is 0 Å². The Kier molecular flexibility index (Phi) is 4.28. The number of hydrogen-bond donors (Lipinski definition) is 1. The molecule has 0 radical (unpaired) electrons. The van der Waals surface area contributed by atoms with Crippen LogP contribution in [0.25, 0.3) is 0 Å². The standard InChI is InChI=1S/C14H19NO2.ClH/c1-7-8(2)10(4)13(11(5)9(7)3)12-6-17-14(16)15-12;/h12H,6H2,1-5H3,(H,15,16);1H/t12-;/m1./s1. The fourth-order valence-electron chi connectivity index (χ4n) is 2.59. The van der Waals surface area contributed by atoms with Crippen LogP contribution in [0.4, 0.5) is 4.79 Å². The summed E-state index contributed by atoms with van der Waals surface area (Å²) in [5, 5.41) is 2.86. The molecular weight excluding hydrogens is 250 g/mol. The Morgan fingerprint density at radius 1 is 0.944 bits per heavy atom. The summed E-state index contributed by atoms with van der Waals surface area (Å²) >= 11 is 0. The van der Waals surface area contributed by atoms with Crippen LogP contribution >= 0.6 is 12.4 Å². The van der Waals surface area contributed by atoms with Crippen LogP contribution < -0.4 is 5.32 Å². The van der Waals surface area contributed by atoms with Crippen LogP contribution in [0.2, 0.25) is 0 Å². The molecule has 0 aromatic heterocycles. The SMILES string of the molecule is Cc1c(C)c(C)c([C@H]2COC(=O)N2)c(C)c1C.Cl. The van der Waals surface area contributed by atoms with Crippen LogP contribution in [0.3, 0.4) is 0 Å². The van der Waals surface area contributed by atoms with Gasteiger partial charge in [0.15, 0.2) is 0 Å². The topological polar surface area (TPSA) is 38.3 Å². The van der Waals surface area contributed by atoms with Crippen LogP contribution in [-0.4, -0.2) is 12.7 Å². The van der Waals surface area contributed by atoms with E-state index in [1.807, 2.05) is 0 Å². The van der Waals surface area contributed by atoms with E-state index in [-0.39, 0.29) is 24.5 Å². The quantitative estimate of drug-likeness (QED) is 0.848.